The standard InChI is InChI=1S/C15H24FN3O/c1-8(2)12-10-6-5-9(16)7-11(10)15(18,19)14(4,17)13(12,3)20/h5-8,12,20H,17-19H2,1-4H3. The molecule has 0 saturated heterocycles. The van der Waals surface area contributed by atoms with Crippen LogP contribution in [0, 0.1) is 11.7 Å². The summed E-state index contributed by atoms with van der Waals surface area (Å²) in [4.78, 5) is 0. The van der Waals surface area contributed by atoms with E-state index in [1.165, 1.54) is 12.1 Å². The molecule has 5 heteroatoms. The van der Waals surface area contributed by atoms with Crippen LogP contribution in [0.3, 0.4) is 0 Å². The van der Waals surface area contributed by atoms with Gasteiger partial charge in [-0.25, -0.2) is 4.39 Å². The van der Waals surface area contributed by atoms with Gasteiger partial charge in [-0.3, -0.25) is 0 Å². The summed E-state index contributed by atoms with van der Waals surface area (Å²) in [7, 11) is 0. The van der Waals surface area contributed by atoms with Gasteiger partial charge >= 0.3 is 0 Å². The maximum absolute atomic E-state index is 13.6. The van der Waals surface area contributed by atoms with Crippen LogP contribution in [0.5, 0.6) is 0 Å². The zero-order chi connectivity index (χ0) is 15.5. The van der Waals surface area contributed by atoms with Crippen molar-refractivity contribution in [3.8, 4) is 0 Å². The Morgan fingerprint density at radius 1 is 1.20 bits per heavy atom. The molecule has 0 spiro atoms. The summed E-state index contributed by atoms with van der Waals surface area (Å²) in [5.41, 5.74) is 15.8. The quantitative estimate of drug-likeness (QED) is 0.580. The monoisotopic (exact) mass is 281 g/mol. The molecule has 0 bridgehead atoms. The van der Waals surface area contributed by atoms with E-state index in [0.717, 1.165) is 5.56 Å². The van der Waals surface area contributed by atoms with Gasteiger partial charge in [0, 0.05) is 5.92 Å². The molecule has 1 aromatic rings. The van der Waals surface area contributed by atoms with E-state index in [-0.39, 0.29) is 11.8 Å². The molecule has 112 valence electrons. The van der Waals surface area contributed by atoms with Gasteiger partial charge < -0.3 is 22.3 Å². The Balaban J connectivity index is 2.82. The molecular weight excluding hydrogens is 257 g/mol. The van der Waals surface area contributed by atoms with Crippen LogP contribution in [0.4, 0.5) is 4.39 Å². The number of nitrogens with two attached hydrogens (primary N) is 3. The van der Waals surface area contributed by atoms with Crippen molar-refractivity contribution >= 4 is 0 Å². The first-order valence-electron chi connectivity index (χ1n) is 6.83. The second-order valence-electron chi connectivity index (χ2n) is 6.67. The molecule has 1 aliphatic carbocycles. The Kier molecular flexibility index (Phi) is 3.26. The summed E-state index contributed by atoms with van der Waals surface area (Å²) in [5, 5.41) is 11.0. The van der Waals surface area contributed by atoms with E-state index in [4.69, 9.17) is 17.2 Å². The third-order valence-electron chi connectivity index (χ3n) is 4.98. The van der Waals surface area contributed by atoms with Gasteiger partial charge in [0.25, 0.3) is 0 Å². The van der Waals surface area contributed by atoms with E-state index in [1.807, 2.05) is 13.8 Å². The molecule has 0 radical (unpaired) electrons. The number of hydrogen-bond acceptors (Lipinski definition) is 4. The van der Waals surface area contributed by atoms with Gasteiger partial charge in [-0.05, 0) is 43.0 Å². The molecule has 20 heavy (non-hydrogen) atoms. The van der Waals surface area contributed by atoms with Gasteiger partial charge in [0.2, 0.25) is 0 Å². The second kappa shape index (κ2) is 4.24. The SMILES string of the molecule is CC(C)C1c2ccc(F)cc2C(N)(N)C(C)(N)C1(C)O. The Hall–Kier alpha value is -1.01. The first-order valence-corrected chi connectivity index (χ1v) is 6.83. The summed E-state index contributed by atoms with van der Waals surface area (Å²) in [6, 6.07) is 4.33. The number of hydrogen-bond donors (Lipinski definition) is 4. The molecule has 2 rings (SSSR count). The smallest absolute Gasteiger partial charge is 0.123 e. The van der Waals surface area contributed by atoms with Crippen molar-refractivity contribution in [1.29, 1.82) is 0 Å². The minimum absolute atomic E-state index is 0.105. The van der Waals surface area contributed by atoms with Crippen LogP contribution in [0.2, 0.25) is 0 Å². The number of rotatable bonds is 1. The van der Waals surface area contributed by atoms with E-state index >= 15 is 0 Å². The summed E-state index contributed by atoms with van der Waals surface area (Å²) < 4.78 is 13.6. The van der Waals surface area contributed by atoms with Crippen molar-refractivity contribution < 1.29 is 9.50 Å². The minimum atomic E-state index is -1.51. The summed E-state index contributed by atoms with van der Waals surface area (Å²) in [6.07, 6.45) is 0. The molecular formula is C15H24FN3O. The predicted molar refractivity (Wildman–Crippen MR) is 77.2 cm³/mol. The van der Waals surface area contributed by atoms with Crippen LogP contribution < -0.4 is 17.2 Å². The lowest BCUT2D eigenvalue weighted by Crippen LogP contribution is -2.79. The fourth-order valence-corrected chi connectivity index (χ4v) is 3.49. The van der Waals surface area contributed by atoms with E-state index in [2.05, 4.69) is 0 Å². The number of aliphatic hydroxyl groups is 1. The molecule has 1 aliphatic rings. The zero-order valence-corrected chi connectivity index (χ0v) is 12.4. The largest absolute Gasteiger partial charge is 0.387 e. The number of benzene rings is 1. The van der Waals surface area contributed by atoms with Gasteiger partial charge in [0.1, 0.15) is 11.5 Å². The van der Waals surface area contributed by atoms with Crippen LogP contribution in [-0.2, 0) is 5.66 Å². The maximum atomic E-state index is 13.6. The Morgan fingerprint density at radius 3 is 2.25 bits per heavy atom. The predicted octanol–water partition coefficient (Wildman–Crippen LogP) is 1.12. The highest BCUT2D eigenvalue weighted by molar-refractivity contribution is 5.46. The lowest BCUT2D eigenvalue weighted by atomic mass is 9.56. The molecule has 0 fully saturated rings. The van der Waals surface area contributed by atoms with Crippen LogP contribution in [0.25, 0.3) is 0 Å². The average molecular weight is 281 g/mol. The van der Waals surface area contributed by atoms with Gasteiger partial charge in [-0.1, -0.05) is 19.9 Å². The maximum Gasteiger partial charge on any atom is 0.123 e. The van der Waals surface area contributed by atoms with Gasteiger partial charge in [-0.2, -0.15) is 0 Å². The van der Waals surface area contributed by atoms with Crippen molar-refractivity contribution in [1.82, 2.24) is 0 Å². The van der Waals surface area contributed by atoms with Gasteiger partial charge in [0.15, 0.2) is 0 Å². The highest BCUT2D eigenvalue weighted by Crippen LogP contribution is 2.51. The lowest BCUT2D eigenvalue weighted by Gasteiger charge is -2.58. The van der Waals surface area contributed by atoms with Gasteiger partial charge in [0.05, 0.1) is 11.1 Å². The highest BCUT2D eigenvalue weighted by atomic mass is 19.1. The number of halogens is 1. The third kappa shape index (κ3) is 1.74. The average Bonchev–Trinajstić information content (AvgIpc) is 2.28. The summed E-state index contributed by atoms with van der Waals surface area (Å²) >= 11 is 0. The van der Waals surface area contributed by atoms with Crippen LogP contribution in [0.15, 0.2) is 18.2 Å². The van der Waals surface area contributed by atoms with Crippen LogP contribution in [-0.4, -0.2) is 16.2 Å². The lowest BCUT2D eigenvalue weighted by molar-refractivity contribution is -0.0902. The fraction of sp³-hybridized carbons (Fsp3) is 0.600. The normalized spacial score (nSPS) is 36.0. The molecule has 0 amide bonds. The molecule has 3 unspecified atom stereocenters. The van der Waals surface area contributed by atoms with E-state index < -0.39 is 22.6 Å². The molecule has 0 aliphatic heterocycles. The second-order valence-corrected chi connectivity index (χ2v) is 6.67. The Bertz CT molecular complexity index is 538. The van der Waals surface area contributed by atoms with Crippen molar-refractivity contribution in [2.75, 3.05) is 0 Å². The molecule has 1 aromatic carbocycles. The highest BCUT2D eigenvalue weighted by Gasteiger charge is 2.61. The first kappa shape index (κ1) is 15.4. The molecule has 4 nitrogen and oxygen atoms in total. The molecule has 0 heterocycles. The van der Waals surface area contributed by atoms with Crippen molar-refractivity contribution in [3.63, 3.8) is 0 Å². The molecule has 0 saturated carbocycles. The zero-order valence-electron chi connectivity index (χ0n) is 12.4. The molecule has 0 aromatic heterocycles. The minimum Gasteiger partial charge on any atom is -0.387 e. The summed E-state index contributed by atoms with van der Waals surface area (Å²) in [5.74, 6) is -0.578. The Morgan fingerprint density at radius 2 is 1.75 bits per heavy atom. The summed E-state index contributed by atoms with van der Waals surface area (Å²) in [6.45, 7) is 7.25. The number of fused-ring (bicyclic) bond motifs is 1. The van der Waals surface area contributed by atoms with Crippen molar-refractivity contribution in [2.24, 2.45) is 23.1 Å². The van der Waals surface area contributed by atoms with Crippen molar-refractivity contribution in [3.05, 3.63) is 35.1 Å². The van der Waals surface area contributed by atoms with E-state index in [1.54, 1.807) is 19.9 Å². The molecule has 3 atom stereocenters. The Labute approximate surface area is 119 Å². The van der Waals surface area contributed by atoms with E-state index in [9.17, 15) is 9.50 Å². The molecule has 7 N–H and O–H groups in total. The van der Waals surface area contributed by atoms with Gasteiger partial charge in [-0.15, -0.1) is 0 Å². The van der Waals surface area contributed by atoms with E-state index in [0.29, 0.717) is 5.56 Å². The van der Waals surface area contributed by atoms with Crippen LogP contribution >= 0.6 is 0 Å². The first-order chi connectivity index (χ1) is 8.94. The van der Waals surface area contributed by atoms with Crippen LogP contribution in [0.1, 0.15) is 44.7 Å². The fourth-order valence-electron chi connectivity index (χ4n) is 3.49. The third-order valence-corrected chi connectivity index (χ3v) is 4.98. The van der Waals surface area contributed by atoms with Crippen molar-refractivity contribution in [2.45, 2.75) is 50.4 Å². The topological polar surface area (TPSA) is 98.3 Å².